The van der Waals surface area contributed by atoms with Gasteiger partial charge in [0.2, 0.25) is 5.91 Å². The summed E-state index contributed by atoms with van der Waals surface area (Å²) in [7, 11) is 0. The molecular formula is C26H28Cl4N2O3. The molecule has 1 aliphatic heterocycles. The monoisotopic (exact) mass is 556 g/mol. The molecule has 0 radical (unpaired) electrons. The lowest BCUT2D eigenvalue weighted by Crippen LogP contribution is -2.29. The summed E-state index contributed by atoms with van der Waals surface area (Å²) in [4.78, 5) is 39.5. The molecule has 188 valence electrons. The first-order valence-electron chi connectivity index (χ1n) is 11.9. The molecule has 0 unspecified atom stereocenters. The van der Waals surface area contributed by atoms with Crippen molar-refractivity contribution in [1.29, 1.82) is 0 Å². The first kappa shape index (κ1) is 27.8. The summed E-state index contributed by atoms with van der Waals surface area (Å²) >= 11 is 24.6. The molecule has 0 saturated heterocycles. The van der Waals surface area contributed by atoms with Crippen molar-refractivity contribution >= 4 is 75.5 Å². The number of unbranched alkanes of at least 4 members (excludes halogenated alkanes) is 8. The number of hydrogen-bond donors (Lipinski definition) is 1. The molecule has 2 aromatic rings. The Hall–Kier alpha value is -1.79. The van der Waals surface area contributed by atoms with E-state index in [4.69, 9.17) is 46.4 Å². The third-order valence-corrected chi connectivity index (χ3v) is 7.80. The van der Waals surface area contributed by atoms with Crippen molar-refractivity contribution < 1.29 is 14.4 Å². The number of carbonyl (C=O) groups is 3. The molecule has 0 bridgehead atoms. The quantitative estimate of drug-likeness (QED) is 0.122. The molecular weight excluding hydrogens is 530 g/mol. The van der Waals surface area contributed by atoms with Gasteiger partial charge in [-0.2, -0.15) is 0 Å². The molecule has 9 heteroatoms. The maximum Gasteiger partial charge on any atom is 0.267 e. The number of rotatable bonds is 12. The maximum absolute atomic E-state index is 13.1. The van der Waals surface area contributed by atoms with Gasteiger partial charge in [-0.15, -0.1) is 0 Å². The number of amides is 3. The van der Waals surface area contributed by atoms with Crippen LogP contribution in [-0.4, -0.2) is 17.7 Å². The van der Waals surface area contributed by atoms with Gasteiger partial charge in [0.05, 0.1) is 36.9 Å². The highest BCUT2D eigenvalue weighted by atomic mass is 35.5. The predicted octanol–water partition coefficient (Wildman–Crippen LogP) is 8.96. The molecule has 1 aliphatic rings. The van der Waals surface area contributed by atoms with Gasteiger partial charge in [-0.25, -0.2) is 4.90 Å². The number of nitrogens with zero attached hydrogens (tertiary/aromatic N) is 1. The van der Waals surface area contributed by atoms with Crippen molar-refractivity contribution in [2.24, 2.45) is 0 Å². The summed E-state index contributed by atoms with van der Waals surface area (Å²) in [6, 6.07) is 6.49. The van der Waals surface area contributed by atoms with Gasteiger partial charge in [0.1, 0.15) is 0 Å². The second-order valence-electron chi connectivity index (χ2n) is 8.63. The number of imide groups is 1. The minimum atomic E-state index is -0.659. The minimum absolute atomic E-state index is 0.0856. The van der Waals surface area contributed by atoms with E-state index in [9.17, 15) is 14.4 Å². The average molecular weight is 558 g/mol. The van der Waals surface area contributed by atoms with Crippen molar-refractivity contribution in [3.8, 4) is 0 Å². The molecule has 5 nitrogen and oxygen atoms in total. The van der Waals surface area contributed by atoms with Gasteiger partial charge in [0.15, 0.2) is 0 Å². The number of anilines is 2. The van der Waals surface area contributed by atoms with E-state index in [0.717, 1.165) is 24.2 Å². The highest BCUT2D eigenvalue weighted by Gasteiger charge is 2.42. The molecule has 0 fully saturated rings. The summed E-state index contributed by atoms with van der Waals surface area (Å²) in [5.74, 6) is -1.43. The fourth-order valence-corrected chi connectivity index (χ4v) is 5.14. The third kappa shape index (κ3) is 6.51. The summed E-state index contributed by atoms with van der Waals surface area (Å²) in [6.45, 7) is 2.21. The van der Waals surface area contributed by atoms with Crippen LogP contribution < -0.4 is 10.2 Å². The number of fused-ring (bicyclic) bond motifs is 1. The zero-order chi connectivity index (χ0) is 25.5. The molecule has 3 amide bonds. The highest BCUT2D eigenvalue weighted by molar-refractivity contribution is 6.56. The zero-order valence-corrected chi connectivity index (χ0v) is 22.6. The van der Waals surface area contributed by atoms with E-state index in [0.29, 0.717) is 12.1 Å². The van der Waals surface area contributed by atoms with Gasteiger partial charge in [-0.1, -0.05) is 111 Å². The molecule has 2 aromatic carbocycles. The average Bonchev–Trinajstić information content (AvgIpc) is 3.10. The van der Waals surface area contributed by atoms with Gasteiger partial charge >= 0.3 is 0 Å². The normalized spacial score (nSPS) is 12.9. The third-order valence-electron chi connectivity index (χ3n) is 6.00. The smallest absolute Gasteiger partial charge is 0.267 e. The number of hydrogen-bond acceptors (Lipinski definition) is 3. The number of carbonyl (C=O) groups excluding carboxylic acids is 3. The lowest BCUT2D eigenvalue weighted by atomic mass is 10.1. The standard InChI is InChI=1S/C26H28Cl4N2O3/c1-2-3-4-5-6-7-8-9-10-14-18(33)31-16-12-11-13-17(15-16)32-25(34)19-20(26(32)35)22(28)24(30)23(29)21(19)27/h11-13,15H,2-10,14H2,1H3,(H,31,33). The van der Waals surface area contributed by atoms with Crippen LogP contribution in [0.1, 0.15) is 91.8 Å². The Kier molecular flexibility index (Phi) is 10.3. The SMILES string of the molecule is CCCCCCCCCCCC(=O)Nc1cccc(N2C(=O)c3c(Cl)c(Cl)c(Cl)c(Cl)c3C2=O)c1. The predicted molar refractivity (Wildman–Crippen MR) is 145 cm³/mol. The zero-order valence-electron chi connectivity index (χ0n) is 19.6. The minimum Gasteiger partial charge on any atom is -0.326 e. The fourth-order valence-electron chi connectivity index (χ4n) is 4.13. The van der Waals surface area contributed by atoms with E-state index in [1.54, 1.807) is 24.3 Å². The molecule has 0 atom stereocenters. The summed E-state index contributed by atoms with van der Waals surface area (Å²) in [5.41, 5.74) is 0.580. The molecule has 3 rings (SSSR count). The fraction of sp³-hybridized carbons (Fsp3) is 0.423. The van der Waals surface area contributed by atoms with Crippen molar-refractivity contribution in [2.75, 3.05) is 10.2 Å². The Morgan fingerprint density at radius 1 is 0.771 bits per heavy atom. The van der Waals surface area contributed by atoms with Crippen LogP contribution in [-0.2, 0) is 4.79 Å². The Morgan fingerprint density at radius 3 is 1.83 bits per heavy atom. The van der Waals surface area contributed by atoms with Crippen LogP contribution >= 0.6 is 46.4 Å². The van der Waals surface area contributed by atoms with E-state index in [-0.39, 0.29) is 42.8 Å². The first-order valence-corrected chi connectivity index (χ1v) is 13.4. The largest absolute Gasteiger partial charge is 0.326 e. The molecule has 0 saturated carbocycles. The van der Waals surface area contributed by atoms with Gasteiger partial charge in [0.25, 0.3) is 11.8 Å². The van der Waals surface area contributed by atoms with Crippen molar-refractivity contribution in [2.45, 2.75) is 71.1 Å². The lowest BCUT2D eigenvalue weighted by Gasteiger charge is -2.15. The summed E-state index contributed by atoms with van der Waals surface area (Å²) < 4.78 is 0. The highest BCUT2D eigenvalue weighted by Crippen LogP contribution is 2.45. The second kappa shape index (κ2) is 13.0. The first-order chi connectivity index (χ1) is 16.8. The van der Waals surface area contributed by atoms with Crippen LogP contribution in [0.2, 0.25) is 20.1 Å². The van der Waals surface area contributed by atoms with Crippen LogP contribution in [0.25, 0.3) is 0 Å². The number of halogens is 4. The van der Waals surface area contributed by atoms with Crippen molar-refractivity contribution in [3.05, 3.63) is 55.5 Å². The molecule has 1 N–H and O–H groups in total. The summed E-state index contributed by atoms with van der Waals surface area (Å²) in [6.07, 6.45) is 11.0. The Balaban J connectivity index is 1.58. The topological polar surface area (TPSA) is 66.5 Å². The lowest BCUT2D eigenvalue weighted by molar-refractivity contribution is -0.116. The Bertz CT molecular complexity index is 1070. The van der Waals surface area contributed by atoms with Gasteiger partial charge < -0.3 is 5.32 Å². The van der Waals surface area contributed by atoms with Crippen LogP contribution in [0.4, 0.5) is 11.4 Å². The van der Waals surface area contributed by atoms with E-state index >= 15 is 0 Å². The van der Waals surface area contributed by atoms with Gasteiger partial charge in [-0.05, 0) is 24.6 Å². The van der Waals surface area contributed by atoms with E-state index in [1.807, 2.05) is 0 Å². The van der Waals surface area contributed by atoms with Crippen LogP contribution in [0.5, 0.6) is 0 Å². The second-order valence-corrected chi connectivity index (χ2v) is 10.1. The maximum atomic E-state index is 13.1. The van der Waals surface area contributed by atoms with Crippen molar-refractivity contribution in [3.63, 3.8) is 0 Å². The molecule has 0 aromatic heterocycles. The Morgan fingerprint density at radius 2 is 1.29 bits per heavy atom. The van der Waals surface area contributed by atoms with Crippen LogP contribution in [0.15, 0.2) is 24.3 Å². The molecule has 1 heterocycles. The van der Waals surface area contributed by atoms with Gasteiger partial charge in [-0.3, -0.25) is 14.4 Å². The van der Waals surface area contributed by atoms with E-state index in [2.05, 4.69) is 12.2 Å². The molecule has 0 aliphatic carbocycles. The number of benzene rings is 2. The van der Waals surface area contributed by atoms with Crippen LogP contribution in [0.3, 0.4) is 0 Å². The van der Waals surface area contributed by atoms with Crippen molar-refractivity contribution in [1.82, 2.24) is 0 Å². The Labute approximate surface area is 226 Å². The molecule has 0 spiro atoms. The van der Waals surface area contributed by atoms with Crippen LogP contribution in [0, 0.1) is 0 Å². The summed E-state index contributed by atoms with van der Waals surface area (Å²) in [5, 5.41) is 2.42. The van der Waals surface area contributed by atoms with E-state index < -0.39 is 11.8 Å². The molecule has 35 heavy (non-hydrogen) atoms. The number of nitrogens with one attached hydrogen (secondary N) is 1. The van der Waals surface area contributed by atoms with Gasteiger partial charge in [0, 0.05) is 12.1 Å². The van der Waals surface area contributed by atoms with E-state index in [1.165, 1.54) is 38.5 Å².